The molecule has 3 rings (SSSR count). The summed E-state index contributed by atoms with van der Waals surface area (Å²) in [6, 6.07) is 7.19. The van der Waals surface area contributed by atoms with Gasteiger partial charge in [-0.25, -0.2) is 14.8 Å². The highest BCUT2D eigenvalue weighted by Gasteiger charge is 2.12. The number of H-pyrrole nitrogens is 1. The maximum absolute atomic E-state index is 11.7. The number of thioether (sulfide) groups is 1. The Hall–Kier alpha value is -2.61. The van der Waals surface area contributed by atoms with Crippen molar-refractivity contribution in [2.45, 2.75) is 10.9 Å². The normalized spacial score (nSPS) is 10.9. The first-order chi connectivity index (χ1) is 11.1. The molecule has 0 unspecified atom stereocenters. The summed E-state index contributed by atoms with van der Waals surface area (Å²) in [5.74, 6) is 0.307. The number of esters is 1. The summed E-state index contributed by atoms with van der Waals surface area (Å²) in [6.07, 6.45) is 1.37. The highest BCUT2D eigenvalue weighted by atomic mass is 32.2. The number of aromatic amines is 1. The average molecular weight is 330 g/mol. The van der Waals surface area contributed by atoms with Crippen molar-refractivity contribution in [3.05, 3.63) is 52.1 Å². The van der Waals surface area contributed by atoms with Crippen LogP contribution in [0.1, 0.15) is 15.9 Å². The van der Waals surface area contributed by atoms with Crippen LogP contribution in [0.5, 0.6) is 0 Å². The smallest absolute Gasteiger partial charge is 0.337 e. The van der Waals surface area contributed by atoms with Crippen molar-refractivity contribution in [3.63, 3.8) is 0 Å². The first-order valence-corrected chi connectivity index (χ1v) is 7.79. The molecule has 0 atom stereocenters. The number of nitrogens with zero attached hydrogens (tertiary/aromatic N) is 3. The molecule has 1 aromatic carbocycles. The van der Waals surface area contributed by atoms with Gasteiger partial charge in [0.15, 0.2) is 16.3 Å². The Morgan fingerprint density at radius 1 is 1.35 bits per heavy atom. The Balaban J connectivity index is 1.78. The van der Waals surface area contributed by atoms with E-state index in [4.69, 9.17) is 0 Å². The molecule has 0 bridgehead atoms. The molecule has 0 fully saturated rings. The molecule has 118 valence electrons. The van der Waals surface area contributed by atoms with Gasteiger partial charge in [0.1, 0.15) is 0 Å². The summed E-state index contributed by atoms with van der Waals surface area (Å²) in [7, 11) is 3.18. The molecule has 7 nitrogen and oxygen atoms in total. The molecule has 3 aromatic rings. The minimum absolute atomic E-state index is 0.250. The lowest BCUT2D eigenvalue weighted by atomic mass is 10.1. The second-order valence-corrected chi connectivity index (χ2v) is 5.78. The van der Waals surface area contributed by atoms with Crippen molar-refractivity contribution in [2.75, 3.05) is 7.11 Å². The van der Waals surface area contributed by atoms with Gasteiger partial charge in [-0.15, -0.1) is 0 Å². The number of imidazole rings is 1. The summed E-state index contributed by atoms with van der Waals surface area (Å²) in [5.41, 5.74) is 2.19. The van der Waals surface area contributed by atoms with Crippen LogP contribution in [0.25, 0.3) is 11.2 Å². The number of benzene rings is 1. The Bertz CT molecular complexity index is 915. The number of aromatic nitrogens is 4. The van der Waals surface area contributed by atoms with Crippen LogP contribution in [-0.4, -0.2) is 32.6 Å². The van der Waals surface area contributed by atoms with E-state index in [0.717, 1.165) is 5.56 Å². The van der Waals surface area contributed by atoms with Gasteiger partial charge in [0.05, 0.1) is 19.0 Å². The fourth-order valence-corrected chi connectivity index (χ4v) is 3.05. The number of fused-ring (bicyclic) bond motifs is 1. The van der Waals surface area contributed by atoms with E-state index < -0.39 is 0 Å². The van der Waals surface area contributed by atoms with Crippen LogP contribution in [0, 0.1) is 0 Å². The van der Waals surface area contributed by atoms with Crippen molar-refractivity contribution in [1.82, 2.24) is 19.5 Å². The topological polar surface area (TPSA) is 89.9 Å². The van der Waals surface area contributed by atoms with Crippen molar-refractivity contribution >= 4 is 28.9 Å². The summed E-state index contributed by atoms with van der Waals surface area (Å²) >= 11 is 1.50. The zero-order chi connectivity index (χ0) is 16.4. The molecule has 2 aromatic heterocycles. The summed E-state index contributed by atoms with van der Waals surface area (Å²) in [6.45, 7) is 0. The van der Waals surface area contributed by atoms with E-state index in [2.05, 4.69) is 19.7 Å². The Kier molecular flexibility index (Phi) is 4.16. The van der Waals surface area contributed by atoms with Gasteiger partial charge in [-0.3, -0.25) is 4.79 Å². The van der Waals surface area contributed by atoms with Gasteiger partial charge in [0.2, 0.25) is 0 Å². The fourth-order valence-electron chi connectivity index (χ4n) is 2.12. The van der Waals surface area contributed by atoms with Gasteiger partial charge in [-0.2, -0.15) is 0 Å². The molecule has 0 radical (unpaired) electrons. The molecular formula is C15H14N4O3S. The van der Waals surface area contributed by atoms with Crippen molar-refractivity contribution in [3.8, 4) is 0 Å². The van der Waals surface area contributed by atoms with Gasteiger partial charge in [0.25, 0.3) is 5.56 Å². The van der Waals surface area contributed by atoms with Gasteiger partial charge in [-0.05, 0) is 17.7 Å². The maximum Gasteiger partial charge on any atom is 0.337 e. The van der Waals surface area contributed by atoms with E-state index in [1.54, 1.807) is 16.7 Å². The third-order valence-electron chi connectivity index (χ3n) is 3.36. The maximum atomic E-state index is 11.7. The number of carbonyl (C=O) groups excluding carboxylic acids is 1. The van der Waals surface area contributed by atoms with Crippen LogP contribution < -0.4 is 5.56 Å². The van der Waals surface area contributed by atoms with Gasteiger partial charge in [0, 0.05) is 12.8 Å². The van der Waals surface area contributed by atoms with Crippen LogP contribution in [-0.2, 0) is 17.5 Å². The highest BCUT2D eigenvalue weighted by Crippen LogP contribution is 2.23. The third kappa shape index (κ3) is 2.98. The fraction of sp³-hybridized carbons (Fsp3) is 0.200. The zero-order valence-corrected chi connectivity index (χ0v) is 13.4. The number of nitrogens with one attached hydrogen (secondary N) is 1. The number of hydrogen-bond donors (Lipinski definition) is 1. The van der Waals surface area contributed by atoms with E-state index in [1.807, 2.05) is 19.2 Å². The van der Waals surface area contributed by atoms with Gasteiger partial charge < -0.3 is 14.3 Å². The number of rotatable bonds is 4. The van der Waals surface area contributed by atoms with Gasteiger partial charge in [-0.1, -0.05) is 23.9 Å². The molecule has 0 aliphatic carbocycles. The van der Waals surface area contributed by atoms with Crippen molar-refractivity contribution < 1.29 is 9.53 Å². The lowest BCUT2D eigenvalue weighted by molar-refractivity contribution is 0.0600. The predicted octanol–water partition coefficient (Wildman–Crippen LogP) is 1.74. The minimum Gasteiger partial charge on any atom is -0.465 e. The Labute approximate surface area is 135 Å². The van der Waals surface area contributed by atoms with E-state index in [-0.39, 0.29) is 11.5 Å². The monoisotopic (exact) mass is 330 g/mol. The second kappa shape index (κ2) is 6.25. The van der Waals surface area contributed by atoms with E-state index in [1.165, 1.54) is 25.2 Å². The Morgan fingerprint density at radius 3 is 2.74 bits per heavy atom. The van der Waals surface area contributed by atoms with E-state index in [9.17, 15) is 9.59 Å². The van der Waals surface area contributed by atoms with Crippen LogP contribution in [0.4, 0.5) is 0 Å². The second-order valence-electron chi connectivity index (χ2n) is 4.83. The summed E-state index contributed by atoms with van der Waals surface area (Å²) in [5, 5.41) is 0.709. The summed E-state index contributed by atoms with van der Waals surface area (Å²) in [4.78, 5) is 34.1. The van der Waals surface area contributed by atoms with Crippen molar-refractivity contribution in [2.24, 2.45) is 7.05 Å². The van der Waals surface area contributed by atoms with E-state index in [0.29, 0.717) is 27.6 Å². The molecule has 1 N–H and O–H groups in total. The molecule has 0 aliphatic heterocycles. The first-order valence-electron chi connectivity index (χ1n) is 6.80. The highest BCUT2D eigenvalue weighted by molar-refractivity contribution is 7.98. The lowest BCUT2D eigenvalue weighted by Gasteiger charge is -2.03. The molecule has 0 aliphatic rings. The third-order valence-corrected chi connectivity index (χ3v) is 4.47. The predicted molar refractivity (Wildman–Crippen MR) is 86.5 cm³/mol. The molecule has 23 heavy (non-hydrogen) atoms. The number of hydrogen-bond acceptors (Lipinski definition) is 6. The molecule has 0 saturated carbocycles. The van der Waals surface area contributed by atoms with Crippen LogP contribution in [0.2, 0.25) is 0 Å². The first kappa shape index (κ1) is 15.3. The van der Waals surface area contributed by atoms with Crippen LogP contribution in [0.3, 0.4) is 0 Å². The molecule has 0 spiro atoms. The van der Waals surface area contributed by atoms with Gasteiger partial charge >= 0.3 is 5.97 Å². The number of aryl methyl sites for hydroxylation is 1. The average Bonchev–Trinajstić information content (AvgIpc) is 2.91. The lowest BCUT2D eigenvalue weighted by Crippen LogP contribution is -2.06. The van der Waals surface area contributed by atoms with Crippen LogP contribution >= 0.6 is 11.8 Å². The van der Waals surface area contributed by atoms with E-state index >= 15 is 0 Å². The Morgan fingerprint density at radius 2 is 2.09 bits per heavy atom. The molecule has 2 heterocycles. The number of ether oxygens (including phenoxy) is 1. The number of methoxy groups -OCH3 is 1. The molecule has 0 saturated heterocycles. The molecule has 8 heteroatoms. The number of carbonyl (C=O) groups is 1. The largest absolute Gasteiger partial charge is 0.465 e. The quantitative estimate of drug-likeness (QED) is 0.579. The molecular weight excluding hydrogens is 316 g/mol. The SMILES string of the molecule is COC(=O)c1ccc(CSc2nc3c(=O)[nH]cnc3n2C)cc1. The summed E-state index contributed by atoms with van der Waals surface area (Å²) < 4.78 is 6.46. The zero-order valence-electron chi connectivity index (χ0n) is 12.6. The van der Waals surface area contributed by atoms with Crippen molar-refractivity contribution in [1.29, 1.82) is 0 Å². The standard InChI is InChI=1S/C15H14N4O3S/c1-19-12-11(13(20)17-8-16-12)18-15(19)23-7-9-3-5-10(6-4-9)14(21)22-2/h3-6,8H,7H2,1-2H3,(H,16,17,20). The van der Waals surface area contributed by atoms with Crippen LogP contribution in [0.15, 0.2) is 40.5 Å². The minimum atomic E-state index is -0.357. The molecule has 0 amide bonds.